The molecular formula is C15H26N2OS. The first-order valence-electron chi connectivity index (χ1n) is 7.13. The van der Waals surface area contributed by atoms with Crippen molar-refractivity contribution in [3.8, 4) is 0 Å². The van der Waals surface area contributed by atoms with Crippen molar-refractivity contribution in [2.75, 3.05) is 26.2 Å². The minimum atomic E-state index is 0.125. The molecule has 2 N–H and O–H groups in total. The Hall–Kier alpha value is -0.420. The highest BCUT2D eigenvalue weighted by atomic mass is 32.1. The summed E-state index contributed by atoms with van der Waals surface area (Å²) in [6, 6.07) is 4.84. The Labute approximate surface area is 120 Å². The lowest BCUT2D eigenvalue weighted by molar-refractivity contribution is -0.0646. The Morgan fingerprint density at radius 2 is 2.16 bits per heavy atom. The van der Waals surface area contributed by atoms with Gasteiger partial charge in [-0.1, -0.05) is 27.7 Å². The lowest BCUT2D eigenvalue weighted by Crippen LogP contribution is -2.47. The number of hydrogen-bond donors (Lipinski definition) is 1. The Morgan fingerprint density at radius 3 is 2.68 bits per heavy atom. The summed E-state index contributed by atoms with van der Waals surface area (Å²) in [5.41, 5.74) is 6.11. The molecule has 1 aromatic heterocycles. The second-order valence-corrected chi connectivity index (χ2v) is 7.29. The van der Waals surface area contributed by atoms with Crippen LogP contribution in [0.15, 0.2) is 12.1 Å². The summed E-state index contributed by atoms with van der Waals surface area (Å²) in [4.78, 5) is 5.31. The van der Waals surface area contributed by atoms with Crippen molar-refractivity contribution in [2.45, 2.75) is 45.3 Å². The van der Waals surface area contributed by atoms with Crippen molar-refractivity contribution in [3.63, 3.8) is 0 Å². The predicted molar refractivity (Wildman–Crippen MR) is 81.8 cm³/mol. The van der Waals surface area contributed by atoms with Crippen LogP contribution < -0.4 is 5.73 Å². The van der Waals surface area contributed by atoms with Gasteiger partial charge in [0.25, 0.3) is 0 Å². The highest BCUT2D eigenvalue weighted by Gasteiger charge is 2.33. The molecule has 1 aliphatic rings. The molecule has 0 spiro atoms. The Morgan fingerprint density at radius 1 is 1.42 bits per heavy atom. The van der Waals surface area contributed by atoms with Gasteiger partial charge in [-0.3, -0.25) is 4.90 Å². The summed E-state index contributed by atoms with van der Waals surface area (Å²) < 4.78 is 5.86. The van der Waals surface area contributed by atoms with Crippen LogP contribution in [0.1, 0.15) is 43.5 Å². The van der Waals surface area contributed by atoms with Crippen molar-refractivity contribution in [1.82, 2.24) is 4.90 Å². The maximum absolute atomic E-state index is 5.89. The third kappa shape index (κ3) is 3.19. The Bertz CT molecular complexity index is 399. The molecule has 2 heterocycles. The van der Waals surface area contributed by atoms with Gasteiger partial charge in [0.15, 0.2) is 0 Å². The van der Waals surface area contributed by atoms with Crippen molar-refractivity contribution < 1.29 is 4.74 Å². The van der Waals surface area contributed by atoms with Crippen LogP contribution in [-0.2, 0) is 10.2 Å². The molecule has 3 nitrogen and oxygen atoms in total. The van der Waals surface area contributed by atoms with Gasteiger partial charge in [-0.25, -0.2) is 0 Å². The fourth-order valence-electron chi connectivity index (χ4n) is 2.62. The van der Waals surface area contributed by atoms with Gasteiger partial charge >= 0.3 is 0 Å². The zero-order valence-corrected chi connectivity index (χ0v) is 13.3. The van der Waals surface area contributed by atoms with Crippen molar-refractivity contribution >= 4 is 11.3 Å². The topological polar surface area (TPSA) is 38.5 Å². The zero-order chi connectivity index (χ0) is 14.0. The second-order valence-electron chi connectivity index (χ2n) is 6.17. The highest BCUT2D eigenvalue weighted by Crippen LogP contribution is 2.37. The molecule has 1 aliphatic heterocycles. The van der Waals surface area contributed by atoms with Crippen LogP contribution in [0.4, 0.5) is 0 Å². The molecule has 1 fully saturated rings. The number of likely N-dealkylation sites (N-methyl/N-ethyl adjacent to an activating group) is 1. The first-order valence-corrected chi connectivity index (χ1v) is 7.95. The van der Waals surface area contributed by atoms with Gasteiger partial charge in [0, 0.05) is 22.8 Å². The first-order chi connectivity index (χ1) is 8.97. The molecule has 0 aliphatic carbocycles. The van der Waals surface area contributed by atoms with E-state index in [4.69, 9.17) is 10.5 Å². The number of hydrogen-bond acceptors (Lipinski definition) is 4. The SMILES string of the molecule is CCN1CCOC(CN)C1c1ccc(C(C)(C)C)s1. The quantitative estimate of drug-likeness (QED) is 0.926. The van der Waals surface area contributed by atoms with Gasteiger partial charge in [-0.2, -0.15) is 0 Å². The molecular weight excluding hydrogens is 256 g/mol. The summed E-state index contributed by atoms with van der Waals surface area (Å²) >= 11 is 1.91. The van der Waals surface area contributed by atoms with Crippen LogP contribution in [0.25, 0.3) is 0 Å². The number of morpholine rings is 1. The molecule has 108 valence electrons. The van der Waals surface area contributed by atoms with Gasteiger partial charge < -0.3 is 10.5 Å². The van der Waals surface area contributed by atoms with Crippen LogP contribution >= 0.6 is 11.3 Å². The summed E-state index contributed by atoms with van der Waals surface area (Å²) in [7, 11) is 0. The molecule has 0 saturated carbocycles. The van der Waals surface area contributed by atoms with Gasteiger partial charge in [0.05, 0.1) is 18.8 Å². The van der Waals surface area contributed by atoms with Crippen LogP contribution in [-0.4, -0.2) is 37.2 Å². The van der Waals surface area contributed by atoms with Gasteiger partial charge in [0.1, 0.15) is 0 Å². The fraction of sp³-hybridized carbons (Fsp3) is 0.733. The minimum absolute atomic E-state index is 0.125. The van der Waals surface area contributed by atoms with Crippen LogP contribution in [0.2, 0.25) is 0 Å². The molecule has 0 amide bonds. The molecule has 2 atom stereocenters. The van der Waals surface area contributed by atoms with Gasteiger partial charge in [-0.15, -0.1) is 11.3 Å². The molecule has 0 aromatic carbocycles. The largest absolute Gasteiger partial charge is 0.374 e. The standard InChI is InChI=1S/C15H26N2OS/c1-5-17-8-9-18-11(10-16)14(17)12-6-7-13(19-12)15(2,3)4/h6-7,11,14H,5,8-10,16H2,1-4H3. The summed E-state index contributed by atoms with van der Waals surface area (Å²) in [6.07, 6.45) is 0.125. The van der Waals surface area contributed by atoms with E-state index >= 15 is 0 Å². The highest BCUT2D eigenvalue weighted by molar-refractivity contribution is 7.12. The summed E-state index contributed by atoms with van der Waals surface area (Å²) in [5, 5.41) is 0. The van der Waals surface area contributed by atoms with E-state index in [2.05, 4.69) is 44.7 Å². The number of nitrogens with zero attached hydrogens (tertiary/aromatic N) is 1. The summed E-state index contributed by atoms with van der Waals surface area (Å²) in [5.74, 6) is 0. The van der Waals surface area contributed by atoms with Crippen LogP contribution in [0, 0.1) is 0 Å². The monoisotopic (exact) mass is 282 g/mol. The molecule has 2 rings (SSSR count). The van der Waals surface area contributed by atoms with E-state index in [1.165, 1.54) is 9.75 Å². The lowest BCUT2D eigenvalue weighted by atomic mass is 9.95. The molecule has 2 unspecified atom stereocenters. The van der Waals surface area contributed by atoms with Gasteiger partial charge in [-0.05, 0) is 24.1 Å². The normalized spacial score (nSPS) is 25.7. The second kappa shape index (κ2) is 5.92. The number of rotatable bonds is 3. The van der Waals surface area contributed by atoms with Crippen LogP contribution in [0.5, 0.6) is 0 Å². The molecule has 0 bridgehead atoms. The van der Waals surface area contributed by atoms with E-state index < -0.39 is 0 Å². The van der Waals surface area contributed by atoms with Crippen LogP contribution in [0.3, 0.4) is 0 Å². The molecule has 0 radical (unpaired) electrons. The van der Waals surface area contributed by atoms with E-state index in [-0.39, 0.29) is 11.5 Å². The Balaban J connectivity index is 2.28. The fourth-order valence-corrected chi connectivity index (χ4v) is 3.87. The van der Waals surface area contributed by atoms with E-state index in [0.29, 0.717) is 12.6 Å². The van der Waals surface area contributed by atoms with E-state index in [9.17, 15) is 0 Å². The average Bonchev–Trinajstić information content (AvgIpc) is 2.86. The molecule has 1 saturated heterocycles. The van der Waals surface area contributed by atoms with E-state index in [0.717, 1.165) is 19.7 Å². The third-order valence-corrected chi connectivity index (χ3v) is 5.33. The predicted octanol–water partition coefficient (Wildman–Crippen LogP) is 2.77. The first kappa shape index (κ1) is 15.0. The Kier molecular flexibility index (Phi) is 4.66. The number of nitrogens with two attached hydrogens (primary N) is 1. The molecule has 19 heavy (non-hydrogen) atoms. The summed E-state index contributed by atoms with van der Waals surface area (Å²) in [6.45, 7) is 12.4. The van der Waals surface area contributed by atoms with Gasteiger partial charge in [0.2, 0.25) is 0 Å². The average molecular weight is 282 g/mol. The minimum Gasteiger partial charge on any atom is -0.374 e. The number of thiophene rings is 1. The van der Waals surface area contributed by atoms with Crippen molar-refractivity contribution in [1.29, 1.82) is 0 Å². The van der Waals surface area contributed by atoms with Crippen molar-refractivity contribution in [2.24, 2.45) is 5.73 Å². The molecule has 4 heteroatoms. The van der Waals surface area contributed by atoms with E-state index in [1.54, 1.807) is 0 Å². The lowest BCUT2D eigenvalue weighted by Gasteiger charge is -2.40. The van der Waals surface area contributed by atoms with E-state index in [1.807, 2.05) is 11.3 Å². The zero-order valence-electron chi connectivity index (χ0n) is 12.5. The number of ether oxygens (including phenoxy) is 1. The third-order valence-electron chi connectivity index (χ3n) is 3.75. The maximum atomic E-state index is 5.89. The molecule has 1 aromatic rings. The van der Waals surface area contributed by atoms with Crippen molar-refractivity contribution in [3.05, 3.63) is 21.9 Å². The smallest absolute Gasteiger partial charge is 0.0902 e. The maximum Gasteiger partial charge on any atom is 0.0902 e.